The van der Waals surface area contributed by atoms with Crippen LogP contribution in [-0.2, 0) is 14.3 Å². The molecule has 0 aliphatic carbocycles. The summed E-state index contributed by atoms with van der Waals surface area (Å²) in [6.07, 6.45) is 1.53. The molecule has 25 heavy (non-hydrogen) atoms. The average Bonchev–Trinajstić information content (AvgIpc) is 2.60. The minimum atomic E-state index is -0.665. The van der Waals surface area contributed by atoms with E-state index in [-0.39, 0.29) is 30.6 Å². The molecule has 2 aromatic carbocycles. The van der Waals surface area contributed by atoms with Gasteiger partial charge in [-0.25, -0.2) is 9.18 Å². The average molecular weight is 343 g/mol. The second-order valence-corrected chi connectivity index (χ2v) is 5.09. The minimum Gasteiger partial charge on any atom is -0.490 e. The molecule has 130 valence electrons. The van der Waals surface area contributed by atoms with Crippen LogP contribution in [0.4, 0.5) is 4.39 Å². The van der Waals surface area contributed by atoms with Gasteiger partial charge < -0.3 is 14.8 Å². The number of esters is 1. The zero-order valence-electron chi connectivity index (χ0n) is 13.7. The summed E-state index contributed by atoms with van der Waals surface area (Å²) >= 11 is 0. The van der Waals surface area contributed by atoms with Gasteiger partial charge in [-0.1, -0.05) is 30.3 Å². The van der Waals surface area contributed by atoms with E-state index in [1.54, 1.807) is 12.1 Å². The van der Waals surface area contributed by atoms with Gasteiger partial charge in [0, 0.05) is 6.92 Å². The van der Waals surface area contributed by atoms with Gasteiger partial charge in [-0.05, 0) is 35.9 Å². The highest BCUT2D eigenvalue weighted by Gasteiger charge is 2.12. The van der Waals surface area contributed by atoms with Gasteiger partial charge in [0.25, 0.3) is 0 Å². The Morgan fingerprint density at radius 1 is 1.04 bits per heavy atom. The number of ether oxygens (including phenoxy) is 2. The molecule has 0 aliphatic heterocycles. The molecule has 0 fully saturated rings. The molecule has 0 atom stereocenters. The predicted octanol–water partition coefficient (Wildman–Crippen LogP) is 2.92. The molecule has 1 amide bonds. The van der Waals surface area contributed by atoms with E-state index >= 15 is 0 Å². The third-order valence-electron chi connectivity index (χ3n) is 3.04. The molecule has 0 saturated carbocycles. The molecule has 1 N–H and O–H groups in total. The van der Waals surface area contributed by atoms with Gasteiger partial charge in [0.05, 0.1) is 0 Å². The fourth-order valence-corrected chi connectivity index (χ4v) is 1.95. The summed E-state index contributed by atoms with van der Waals surface area (Å²) in [7, 11) is 0. The van der Waals surface area contributed by atoms with Crippen molar-refractivity contribution < 1.29 is 23.5 Å². The molecule has 6 heteroatoms. The first kappa shape index (κ1) is 18.2. The maximum Gasteiger partial charge on any atom is 0.354 e. The lowest BCUT2D eigenvalue weighted by Crippen LogP contribution is -2.27. The van der Waals surface area contributed by atoms with Gasteiger partial charge >= 0.3 is 5.97 Å². The number of halogens is 1. The second kappa shape index (κ2) is 9.22. The van der Waals surface area contributed by atoms with Crippen molar-refractivity contribution in [2.75, 3.05) is 13.2 Å². The van der Waals surface area contributed by atoms with Crippen molar-refractivity contribution in [3.63, 3.8) is 0 Å². The van der Waals surface area contributed by atoms with Gasteiger partial charge in [0.15, 0.2) is 0 Å². The number of nitrogens with one attached hydrogen (secondary N) is 1. The highest BCUT2D eigenvalue weighted by atomic mass is 19.1. The zero-order chi connectivity index (χ0) is 18.1. The standard InChI is InChI=1S/C19H18FNO4/c1-14(22)21-18(13-15-5-3-2-4-6-15)19(23)25-12-11-24-17-9-7-16(20)8-10-17/h2-10,13H,11-12H2,1H3,(H,21,22)/b18-13-. The topological polar surface area (TPSA) is 64.6 Å². The molecule has 0 spiro atoms. The molecule has 0 heterocycles. The van der Waals surface area contributed by atoms with Crippen LogP contribution in [0.3, 0.4) is 0 Å². The molecule has 0 bridgehead atoms. The SMILES string of the molecule is CC(=O)N/C(=C\c1ccccc1)C(=O)OCCOc1ccc(F)cc1. The summed E-state index contributed by atoms with van der Waals surface area (Å²) in [6.45, 7) is 1.40. The highest BCUT2D eigenvalue weighted by molar-refractivity contribution is 5.97. The smallest absolute Gasteiger partial charge is 0.354 e. The molecule has 0 unspecified atom stereocenters. The van der Waals surface area contributed by atoms with Crippen LogP contribution in [0.15, 0.2) is 60.3 Å². The van der Waals surface area contributed by atoms with Crippen LogP contribution < -0.4 is 10.1 Å². The molecule has 0 aromatic heterocycles. The largest absolute Gasteiger partial charge is 0.490 e. The van der Waals surface area contributed by atoms with Crippen molar-refractivity contribution in [2.24, 2.45) is 0 Å². The van der Waals surface area contributed by atoms with Gasteiger partial charge in [-0.15, -0.1) is 0 Å². The van der Waals surface area contributed by atoms with Gasteiger partial charge in [-0.2, -0.15) is 0 Å². The zero-order valence-corrected chi connectivity index (χ0v) is 13.7. The number of carbonyl (C=O) groups is 2. The molecule has 5 nitrogen and oxygen atoms in total. The number of amides is 1. The van der Waals surface area contributed by atoms with Crippen LogP contribution in [0.2, 0.25) is 0 Å². The number of hydrogen-bond acceptors (Lipinski definition) is 4. The lowest BCUT2D eigenvalue weighted by Gasteiger charge is -2.10. The van der Waals surface area contributed by atoms with E-state index in [2.05, 4.69) is 5.32 Å². The third kappa shape index (κ3) is 6.47. The van der Waals surface area contributed by atoms with E-state index in [0.29, 0.717) is 5.75 Å². The Morgan fingerprint density at radius 3 is 2.36 bits per heavy atom. The molecule has 2 rings (SSSR count). The molecule has 0 saturated heterocycles. The lowest BCUT2D eigenvalue weighted by molar-refractivity contribution is -0.141. The van der Waals surface area contributed by atoms with Gasteiger partial charge in [0.2, 0.25) is 5.91 Å². The van der Waals surface area contributed by atoms with Crippen LogP contribution in [0.1, 0.15) is 12.5 Å². The summed E-state index contributed by atoms with van der Waals surface area (Å²) < 4.78 is 23.2. The van der Waals surface area contributed by atoms with Crippen LogP contribution >= 0.6 is 0 Å². The quantitative estimate of drug-likeness (QED) is 0.477. The van der Waals surface area contributed by atoms with Crippen molar-refractivity contribution in [1.82, 2.24) is 5.32 Å². The highest BCUT2D eigenvalue weighted by Crippen LogP contribution is 2.11. The Morgan fingerprint density at radius 2 is 1.72 bits per heavy atom. The molecule has 0 radical (unpaired) electrons. The maximum absolute atomic E-state index is 12.8. The lowest BCUT2D eigenvalue weighted by atomic mass is 10.2. The van der Waals surface area contributed by atoms with E-state index in [1.165, 1.54) is 37.3 Å². The van der Waals surface area contributed by atoms with Crippen molar-refractivity contribution in [3.8, 4) is 5.75 Å². The van der Waals surface area contributed by atoms with E-state index < -0.39 is 5.97 Å². The number of hydrogen-bond donors (Lipinski definition) is 1. The molecular formula is C19H18FNO4. The fraction of sp³-hybridized carbons (Fsp3) is 0.158. The second-order valence-electron chi connectivity index (χ2n) is 5.09. The van der Waals surface area contributed by atoms with E-state index in [1.807, 2.05) is 18.2 Å². The summed E-state index contributed by atoms with van der Waals surface area (Å²) in [5, 5.41) is 2.46. The minimum absolute atomic E-state index is 0.0120. The number of benzene rings is 2. The first-order valence-electron chi connectivity index (χ1n) is 7.64. The fourth-order valence-electron chi connectivity index (χ4n) is 1.95. The summed E-state index contributed by atoms with van der Waals surface area (Å²) in [5.74, 6) is -0.924. The van der Waals surface area contributed by atoms with Gasteiger partial charge in [0.1, 0.15) is 30.5 Å². The Labute approximate surface area is 145 Å². The summed E-state index contributed by atoms with van der Waals surface area (Å²) in [6, 6.07) is 14.6. The van der Waals surface area contributed by atoms with E-state index in [0.717, 1.165) is 5.56 Å². The van der Waals surface area contributed by atoms with Crippen molar-refractivity contribution in [3.05, 3.63) is 71.7 Å². The predicted molar refractivity (Wildman–Crippen MR) is 91.1 cm³/mol. The van der Waals surface area contributed by atoms with Crippen LogP contribution in [0, 0.1) is 5.82 Å². The van der Waals surface area contributed by atoms with Crippen molar-refractivity contribution >= 4 is 18.0 Å². The number of rotatable bonds is 7. The van der Waals surface area contributed by atoms with Crippen molar-refractivity contribution in [2.45, 2.75) is 6.92 Å². The van der Waals surface area contributed by atoms with Crippen molar-refractivity contribution in [1.29, 1.82) is 0 Å². The molecular weight excluding hydrogens is 325 g/mol. The summed E-state index contributed by atoms with van der Waals surface area (Å²) in [4.78, 5) is 23.4. The van der Waals surface area contributed by atoms with E-state index in [9.17, 15) is 14.0 Å². The Balaban J connectivity index is 1.89. The Kier molecular flexibility index (Phi) is 6.71. The summed E-state index contributed by atoms with van der Waals surface area (Å²) in [5.41, 5.74) is 0.797. The van der Waals surface area contributed by atoms with Crippen LogP contribution in [0.5, 0.6) is 5.75 Å². The first-order chi connectivity index (χ1) is 12.0. The maximum atomic E-state index is 12.8. The van der Waals surface area contributed by atoms with E-state index in [4.69, 9.17) is 9.47 Å². The normalized spacial score (nSPS) is 10.9. The van der Waals surface area contributed by atoms with Gasteiger partial charge in [-0.3, -0.25) is 4.79 Å². The number of carbonyl (C=O) groups excluding carboxylic acids is 2. The first-order valence-corrected chi connectivity index (χ1v) is 7.64. The Bertz CT molecular complexity index is 742. The molecule has 2 aromatic rings. The third-order valence-corrected chi connectivity index (χ3v) is 3.04. The molecule has 0 aliphatic rings. The Hall–Kier alpha value is -3.15. The van der Waals surface area contributed by atoms with Crippen LogP contribution in [-0.4, -0.2) is 25.1 Å². The monoisotopic (exact) mass is 343 g/mol. The van der Waals surface area contributed by atoms with Crippen LogP contribution in [0.25, 0.3) is 6.08 Å².